The number of benzene rings is 2. The number of hydrogen-bond donors (Lipinski definition) is 1. The van der Waals surface area contributed by atoms with Crippen LogP contribution in [0.4, 0.5) is 0 Å². The summed E-state index contributed by atoms with van der Waals surface area (Å²) in [6.07, 6.45) is 3.63. The second-order valence-corrected chi connectivity index (χ2v) is 6.61. The molecule has 0 saturated heterocycles. The van der Waals surface area contributed by atoms with Crippen molar-refractivity contribution in [3.63, 3.8) is 0 Å². The number of pyridine rings is 2. The molecule has 0 radical (unpaired) electrons. The lowest BCUT2D eigenvalue weighted by Gasteiger charge is -2.09. The summed E-state index contributed by atoms with van der Waals surface area (Å²) in [4.78, 5) is 8.84. The molecule has 0 spiro atoms. The molecule has 0 saturated carbocycles. The number of nitrogens with zero attached hydrogens (tertiary/aromatic N) is 4. The second kappa shape index (κ2) is 6.60. The third kappa shape index (κ3) is 2.68. The van der Waals surface area contributed by atoms with Gasteiger partial charge in [-0.15, -0.1) is 0 Å². The molecule has 132 valence electrons. The Morgan fingerprint density at radius 3 is 2.68 bits per heavy atom. The monoisotopic (exact) mass is 361 g/mol. The molecule has 0 aliphatic carbocycles. The van der Waals surface area contributed by atoms with Crippen molar-refractivity contribution in [2.45, 2.75) is 5.92 Å². The number of fused-ring (bicyclic) bond motifs is 2. The van der Waals surface area contributed by atoms with E-state index in [0.29, 0.717) is 11.3 Å². The Bertz CT molecular complexity index is 1330. The number of aromatic nitrogens is 4. The maximum Gasteiger partial charge on any atom is 0.156 e. The Morgan fingerprint density at radius 1 is 0.929 bits per heavy atom. The molecule has 3 aromatic heterocycles. The smallest absolute Gasteiger partial charge is 0.156 e. The first-order valence-electron chi connectivity index (χ1n) is 8.97. The van der Waals surface area contributed by atoms with Crippen molar-refractivity contribution >= 4 is 21.8 Å². The summed E-state index contributed by atoms with van der Waals surface area (Å²) in [7, 11) is 0. The molecule has 0 aliphatic rings. The molecule has 0 bridgehead atoms. The molecule has 0 amide bonds. The van der Waals surface area contributed by atoms with Crippen LogP contribution in [0.25, 0.3) is 33.1 Å². The van der Waals surface area contributed by atoms with Crippen LogP contribution in [0.5, 0.6) is 0 Å². The first-order valence-corrected chi connectivity index (χ1v) is 8.97. The molecule has 3 heterocycles. The van der Waals surface area contributed by atoms with Gasteiger partial charge in [0.15, 0.2) is 5.65 Å². The number of aromatic amines is 1. The fourth-order valence-corrected chi connectivity index (χ4v) is 3.49. The molecule has 5 nitrogen and oxygen atoms in total. The van der Waals surface area contributed by atoms with Crippen molar-refractivity contribution < 1.29 is 0 Å². The number of hydrogen-bond acceptors (Lipinski definition) is 4. The molecule has 2 aromatic carbocycles. The lowest BCUT2D eigenvalue weighted by Crippen LogP contribution is -2.01. The predicted octanol–water partition coefficient (Wildman–Crippen LogP) is 4.83. The lowest BCUT2D eigenvalue weighted by atomic mass is 9.96. The summed E-state index contributed by atoms with van der Waals surface area (Å²) in [5.41, 5.74) is 4.18. The average molecular weight is 361 g/mol. The predicted molar refractivity (Wildman–Crippen MR) is 109 cm³/mol. The van der Waals surface area contributed by atoms with Crippen molar-refractivity contribution in [2.75, 3.05) is 0 Å². The Labute approximate surface area is 161 Å². The molecule has 1 N–H and O–H groups in total. The summed E-state index contributed by atoms with van der Waals surface area (Å²) >= 11 is 0. The van der Waals surface area contributed by atoms with E-state index in [1.807, 2.05) is 66.9 Å². The van der Waals surface area contributed by atoms with Gasteiger partial charge in [0.2, 0.25) is 0 Å². The van der Waals surface area contributed by atoms with Crippen LogP contribution in [0.3, 0.4) is 0 Å². The van der Waals surface area contributed by atoms with E-state index in [0.717, 1.165) is 33.0 Å². The fraction of sp³-hybridized carbons (Fsp3) is 0.0435. The first-order chi connectivity index (χ1) is 13.8. The molecule has 5 heteroatoms. The van der Waals surface area contributed by atoms with Crippen LogP contribution >= 0.6 is 0 Å². The largest absolute Gasteiger partial charge is 0.264 e. The van der Waals surface area contributed by atoms with Gasteiger partial charge in [-0.2, -0.15) is 10.4 Å². The molecule has 0 fully saturated rings. The number of H-pyrrole nitrogens is 1. The van der Waals surface area contributed by atoms with Gasteiger partial charge in [0.25, 0.3) is 0 Å². The van der Waals surface area contributed by atoms with Crippen LogP contribution in [0, 0.1) is 11.3 Å². The summed E-state index contributed by atoms with van der Waals surface area (Å²) < 4.78 is 0. The highest BCUT2D eigenvalue weighted by Gasteiger charge is 2.17. The van der Waals surface area contributed by atoms with Gasteiger partial charge >= 0.3 is 0 Å². The maximum atomic E-state index is 9.67. The van der Waals surface area contributed by atoms with Crippen LogP contribution < -0.4 is 0 Å². The third-order valence-electron chi connectivity index (χ3n) is 4.92. The fourth-order valence-electron chi connectivity index (χ4n) is 3.49. The summed E-state index contributed by atoms with van der Waals surface area (Å²) in [6, 6.07) is 24.1. The van der Waals surface area contributed by atoms with E-state index in [1.54, 1.807) is 6.20 Å². The Kier molecular flexibility index (Phi) is 3.81. The van der Waals surface area contributed by atoms with Gasteiger partial charge in [-0.1, -0.05) is 42.5 Å². The maximum absolute atomic E-state index is 9.67. The van der Waals surface area contributed by atoms with Gasteiger partial charge in [-0.25, -0.2) is 4.98 Å². The van der Waals surface area contributed by atoms with Crippen molar-refractivity contribution in [1.29, 1.82) is 5.26 Å². The lowest BCUT2D eigenvalue weighted by molar-refractivity contribution is 0.969. The molecule has 0 aliphatic heterocycles. The molecule has 1 atom stereocenters. The van der Waals surface area contributed by atoms with Crippen LogP contribution in [-0.2, 0) is 0 Å². The highest BCUT2D eigenvalue weighted by Crippen LogP contribution is 2.30. The van der Waals surface area contributed by atoms with E-state index in [1.165, 1.54) is 0 Å². The van der Waals surface area contributed by atoms with Gasteiger partial charge in [-0.3, -0.25) is 10.1 Å². The SMILES string of the molecule is N#CC(c1ccccc1)c1ccc2c(-c3ccc4cnccc4c3)n[nH]c2n1. The van der Waals surface area contributed by atoms with Crippen LogP contribution in [-0.4, -0.2) is 20.2 Å². The highest BCUT2D eigenvalue weighted by atomic mass is 15.1. The van der Waals surface area contributed by atoms with Crippen molar-refractivity contribution in [2.24, 2.45) is 0 Å². The Morgan fingerprint density at radius 2 is 1.82 bits per heavy atom. The van der Waals surface area contributed by atoms with E-state index >= 15 is 0 Å². The molecule has 5 rings (SSSR count). The van der Waals surface area contributed by atoms with E-state index in [9.17, 15) is 5.26 Å². The first kappa shape index (κ1) is 16.2. The average Bonchev–Trinajstić information content (AvgIpc) is 3.18. The van der Waals surface area contributed by atoms with E-state index in [4.69, 9.17) is 0 Å². The highest BCUT2D eigenvalue weighted by molar-refractivity contribution is 5.94. The van der Waals surface area contributed by atoms with Crippen LogP contribution in [0.1, 0.15) is 17.2 Å². The number of nitriles is 1. The van der Waals surface area contributed by atoms with Crippen molar-refractivity contribution in [1.82, 2.24) is 20.2 Å². The third-order valence-corrected chi connectivity index (χ3v) is 4.92. The van der Waals surface area contributed by atoms with Crippen molar-refractivity contribution in [3.05, 3.63) is 90.4 Å². The van der Waals surface area contributed by atoms with Gasteiger partial charge in [0, 0.05) is 28.7 Å². The van der Waals surface area contributed by atoms with E-state index in [-0.39, 0.29) is 0 Å². The van der Waals surface area contributed by atoms with Gasteiger partial charge in [0.05, 0.1) is 11.8 Å². The summed E-state index contributed by atoms with van der Waals surface area (Å²) in [6.45, 7) is 0. The second-order valence-electron chi connectivity index (χ2n) is 6.61. The minimum atomic E-state index is -0.412. The number of rotatable bonds is 3. The van der Waals surface area contributed by atoms with E-state index in [2.05, 4.69) is 32.3 Å². The van der Waals surface area contributed by atoms with Crippen LogP contribution in [0.15, 0.2) is 79.1 Å². The van der Waals surface area contributed by atoms with Crippen molar-refractivity contribution in [3.8, 4) is 17.3 Å². The number of nitrogens with one attached hydrogen (secondary N) is 1. The zero-order valence-electron chi connectivity index (χ0n) is 14.9. The van der Waals surface area contributed by atoms with Gasteiger partial charge in [0.1, 0.15) is 11.6 Å². The molecular formula is C23H15N5. The summed E-state index contributed by atoms with van der Waals surface area (Å²) in [5.74, 6) is -0.412. The minimum Gasteiger partial charge on any atom is -0.264 e. The zero-order valence-corrected chi connectivity index (χ0v) is 14.9. The minimum absolute atomic E-state index is 0.412. The Balaban J connectivity index is 1.59. The molecule has 28 heavy (non-hydrogen) atoms. The molecular weight excluding hydrogens is 346 g/mol. The Hall–Kier alpha value is -4.04. The molecule has 5 aromatic rings. The normalized spacial score (nSPS) is 12.1. The standard InChI is InChI=1S/C23H15N5/c24-13-20(15-4-2-1-3-5-15)21-9-8-19-22(27-28-23(19)26-21)17-6-7-18-14-25-11-10-16(18)12-17/h1-12,14,20H,(H,26,27,28). The quantitative estimate of drug-likeness (QED) is 0.499. The van der Waals surface area contributed by atoms with Gasteiger partial charge in [-0.05, 0) is 35.2 Å². The van der Waals surface area contributed by atoms with Gasteiger partial charge < -0.3 is 0 Å². The molecule has 1 unspecified atom stereocenters. The topological polar surface area (TPSA) is 78.2 Å². The zero-order chi connectivity index (χ0) is 18.9. The van der Waals surface area contributed by atoms with E-state index < -0.39 is 5.92 Å². The summed E-state index contributed by atoms with van der Waals surface area (Å²) in [5, 5.41) is 20.3. The van der Waals surface area contributed by atoms with Crippen LogP contribution in [0.2, 0.25) is 0 Å².